The van der Waals surface area contributed by atoms with Crippen LogP contribution in [0.1, 0.15) is 95.8 Å². The molecule has 1 saturated heterocycles. The summed E-state index contributed by atoms with van der Waals surface area (Å²) in [6, 6.07) is 2.31. The topological polar surface area (TPSA) is 77.2 Å². The molecule has 2 N–H and O–H groups in total. The van der Waals surface area contributed by atoms with Crippen molar-refractivity contribution in [2.45, 2.75) is 98.6 Å². The van der Waals surface area contributed by atoms with Crippen molar-refractivity contribution < 1.29 is 4.74 Å². The average Bonchev–Trinajstić information content (AvgIpc) is 3.35. The SMILES string of the molecule is CCc1cc(-c2nc(CN)c(OC(CC)CC)nc2CC)c(N2CCCC2)nc1C(C)C. The van der Waals surface area contributed by atoms with E-state index >= 15 is 0 Å². The second kappa shape index (κ2) is 11.1. The first-order valence-electron chi connectivity index (χ1n) is 12.5. The maximum atomic E-state index is 6.21. The van der Waals surface area contributed by atoms with Crippen LogP contribution in [0, 0.1) is 0 Å². The number of hydrogen-bond donors (Lipinski definition) is 1. The number of aromatic nitrogens is 3. The molecule has 1 fully saturated rings. The first-order chi connectivity index (χ1) is 15.5. The van der Waals surface area contributed by atoms with Gasteiger partial charge in [0.05, 0.1) is 17.5 Å². The summed E-state index contributed by atoms with van der Waals surface area (Å²) in [6.45, 7) is 15.4. The molecule has 1 aliphatic rings. The monoisotopic (exact) mass is 439 g/mol. The minimum atomic E-state index is 0.129. The van der Waals surface area contributed by atoms with Gasteiger partial charge in [0.1, 0.15) is 11.5 Å². The van der Waals surface area contributed by atoms with Crippen molar-refractivity contribution in [3.05, 3.63) is 28.7 Å². The van der Waals surface area contributed by atoms with E-state index in [4.69, 9.17) is 25.4 Å². The van der Waals surface area contributed by atoms with Gasteiger partial charge in [0.15, 0.2) is 0 Å². The van der Waals surface area contributed by atoms with Crippen LogP contribution in [0.5, 0.6) is 5.88 Å². The molecular formula is C26H41N5O. The van der Waals surface area contributed by atoms with Crippen molar-refractivity contribution >= 4 is 5.82 Å². The van der Waals surface area contributed by atoms with Gasteiger partial charge in [-0.2, -0.15) is 0 Å². The lowest BCUT2D eigenvalue weighted by Crippen LogP contribution is -2.22. The summed E-state index contributed by atoms with van der Waals surface area (Å²) in [4.78, 5) is 17.6. The molecule has 32 heavy (non-hydrogen) atoms. The van der Waals surface area contributed by atoms with E-state index in [0.717, 1.165) is 67.2 Å². The van der Waals surface area contributed by atoms with Crippen LogP contribution < -0.4 is 15.4 Å². The second-order valence-corrected chi connectivity index (χ2v) is 8.99. The highest BCUT2D eigenvalue weighted by Crippen LogP contribution is 2.37. The molecule has 0 radical (unpaired) electrons. The second-order valence-electron chi connectivity index (χ2n) is 8.99. The van der Waals surface area contributed by atoms with Crippen molar-refractivity contribution in [1.29, 1.82) is 0 Å². The van der Waals surface area contributed by atoms with E-state index in [0.29, 0.717) is 18.3 Å². The molecule has 6 nitrogen and oxygen atoms in total. The number of ether oxygens (including phenoxy) is 1. The lowest BCUT2D eigenvalue weighted by Gasteiger charge is -2.25. The van der Waals surface area contributed by atoms with Gasteiger partial charge in [-0.05, 0) is 56.1 Å². The highest BCUT2D eigenvalue weighted by atomic mass is 16.5. The van der Waals surface area contributed by atoms with E-state index in [1.807, 2.05) is 0 Å². The quantitative estimate of drug-likeness (QED) is 0.533. The highest BCUT2D eigenvalue weighted by Gasteiger charge is 2.25. The van der Waals surface area contributed by atoms with Gasteiger partial charge in [-0.3, -0.25) is 0 Å². The maximum absolute atomic E-state index is 6.21. The van der Waals surface area contributed by atoms with Gasteiger partial charge in [-0.1, -0.05) is 41.5 Å². The predicted molar refractivity (Wildman–Crippen MR) is 132 cm³/mol. The number of aryl methyl sites for hydroxylation is 2. The highest BCUT2D eigenvalue weighted by molar-refractivity contribution is 5.76. The lowest BCUT2D eigenvalue weighted by atomic mass is 9.97. The minimum Gasteiger partial charge on any atom is -0.473 e. The molecule has 0 atom stereocenters. The molecule has 6 heteroatoms. The van der Waals surface area contributed by atoms with Gasteiger partial charge < -0.3 is 15.4 Å². The molecule has 3 rings (SSSR count). The third-order valence-corrected chi connectivity index (χ3v) is 6.42. The molecule has 0 aromatic carbocycles. The molecule has 176 valence electrons. The van der Waals surface area contributed by atoms with Crippen LogP contribution in [0.25, 0.3) is 11.3 Å². The molecule has 0 aliphatic carbocycles. The van der Waals surface area contributed by atoms with Crippen LogP contribution in [0.15, 0.2) is 6.07 Å². The van der Waals surface area contributed by atoms with Crippen molar-refractivity contribution in [3.8, 4) is 17.1 Å². The molecule has 2 aromatic heterocycles. The zero-order valence-corrected chi connectivity index (χ0v) is 20.9. The Hall–Kier alpha value is -2.21. The Kier molecular flexibility index (Phi) is 8.46. The van der Waals surface area contributed by atoms with E-state index in [9.17, 15) is 0 Å². The van der Waals surface area contributed by atoms with E-state index in [-0.39, 0.29) is 6.10 Å². The van der Waals surface area contributed by atoms with Crippen LogP contribution in [0.4, 0.5) is 5.82 Å². The fourth-order valence-electron chi connectivity index (χ4n) is 4.48. The Morgan fingerprint density at radius 2 is 1.66 bits per heavy atom. The molecule has 0 saturated carbocycles. The van der Waals surface area contributed by atoms with Crippen molar-refractivity contribution in [3.63, 3.8) is 0 Å². The Morgan fingerprint density at radius 1 is 0.969 bits per heavy atom. The van der Waals surface area contributed by atoms with Crippen LogP contribution in [-0.4, -0.2) is 34.1 Å². The van der Waals surface area contributed by atoms with Crippen molar-refractivity contribution in [1.82, 2.24) is 15.0 Å². The first kappa shape index (κ1) is 24.4. The number of nitrogens with zero attached hydrogens (tertiary/aromatic N) is 4. The summed E-state index contributed by atoms with van der Waals surface area (Å²) in [5, 5.41) is 0. The van der Waals surface area contributed by atoms with Crippen molar-refractivity contribution in [2.24, 2.45) is 5.73 Å². The summed E-state index contributed by atoms with van der Waals surface area (Å²) in [5.74, 6) is 2.02. The number of rotatable bonds is 10. The summed E-state index contributed by atoms with van der Waals surface area (Å²) in [5.41, 5.74) is 12.3. The summed E-state index contributed by atoms with van der Waals surface area (Å²) in [7, 11) is 0. The standard InChI is InChI=1S/C26H41N5O/c1-7-18-15-20(25(30-23(18)17(5)6)31-13-11-12-14-31)24-21(10-4)29-26(22(16-27)28-24)32-19(8-2)9-3/h15,17,19H,7-14,16,27H2,1-6H3. The molecule has 1 aliphatic heterocycles. The van der Waals surface area contributed by atoms with Crippen LogP contribution in [0.3, 0.4) is 0 Å². The largest absolute Gasteiger partial charge is 0.473 e. The van der Waals surface area contributed by atoms with Gasteiger partial charge >= 0.3 is 0 Å². The fourth-order valence-corrected chi connectivity index (χ4v) is 4.48. The predicted octanol–water partition coefficient (Wildman–Crippen LogP) is 5.41. The van der Waals surface area contributed by atoms with Gasteiger partial charge in [-0.15, -0.1) is 0 Å². The fraction of sp³-hybridized carbons (Fsp3) is 0.654. The van der Waals surface area contributed by atoms with Crippen LogP contribution in [-0.2, 0) is 19.4 Å². The van der Waals surface area contributed by atoms with Gasteiger partial charge in [0, 0.05) is 30.9 Å². The number of anilines is 1. The molecule has 2 aromatic rings. The minimum absolute atomic E-state index is 0.129. The molecule has 0 spiro atoms. The van der Waals surface area contributed by atoms with Gasteiger partial charge in [0.2, 0.25) is 5.88 Å². The Labute approximate surface area is 194 Å². The molecule has 0 unspecified atom stereocenters. The third-order valence-electron chi connectivity index (χ3n) is 6.42. The Balaban J connectivity index is 2.20. The zero-order valence-electron chi connectivity index (χ0n) is 20.9. The molecule has 0 bridgehead atoms. The van der Waals surface area contributed by atoms with E-state index in [1.165, 1.54) is 24.1 Å². The van der Waals surface area contributed by atoms with Crippen LogP contribution in [0.2, 0.25) is 0 Å². The van der Waals surface area contributed by atoms with E-state index in [1.54, 1.807) is 0 Å². The molecule has 3 heterocycles. The summed E-state index contributed by atoms with van der Waals surface area (Å²) in [6.07, 6.45) is 6.13. The molecule has 0 amide bonds. The number of nitrogens with two attached hydrogens (primary N) is 1. The van der Waals surface area contributed by atoms with E-state index in [2.05, 4.69) is 52.5 Å². The van der Waals surface area contributed by atoms with Gasteiger partial charge in [0.25, 0.3) is 0 Å². The lowest BCUT2D eigenvalue weighted by molar-refractivity contribution is 0.181. The van der Waals surface area contributed by atoms with Crippen LogP contribution >= 0.6 is 0 Å². The normalized spacial score (nSPS) is 14.1. The Bertz CT molecular complexity index is 902. The third kappa shape index (κ3) is 5.06. The number of hydrogen-bond acceptors (Lipinski definition) is 6. The smallest absolute Gasteiger partial charge is 0.237 e. The average molecular weight is 440 g/mol. The molecular weight excluding hydrogens is 398 g/mol. The maximum Gasteiger partial charge on any atom is 0.237 e. The summed E-state index contributed by atoms with van der Waals surface area (Å²) >= 11 is 0. The number of pyridine rings is 1. The zero-order chi connectivity index (χ0) is 23.3. The van der Waals surface area contributed by atoms with E-state index < -0.39 is 0 Å². The summed E-state index contributed by atoms with van der Waals surface area (Å²) < 4.78 is 6.21. The Morgan fingerprint density at radius 3 is 2.19 bits per heavy atom. The van der Waals surface area contributed by atoms with Crippen molar-refractivity contribution in [2.75, 3.05) is 18.0 Å². The van der Waals surface area contributed by atoms with Gasteiger partial charge in [-0.25, -0.2) is 15.0 Å². The first-order valence-corrected chi connectivity index (χ1v) is 12.5.